The summed E-state index contributed by atoms with van der Waals surface area (Å²) in [6, 6.07) is 4.24. The quantitative estimate of drug-likeness (QED) is 0.636. The highest BCUT2D eigenvalue weighted by Gasteiger charge is 2.40. The summed E-state index contributed by atoms with van der Waals surface area (Å²) >= 11 is 11.9. The molecule has 0 amide bonds. The second kappa shape index (κ2) is 4.38. The molecule has 1 saturated carbocycles. The minimum atomic E-state index is 0.152. The zero-order valence-electron chi connectivity index (χ0n) is 9.09. The fourth-order valence-corrected chi connectivity index (χ4v) is 4.17. The van der Waals surface area contributed by atoms with Gasteiger partial charge in [-0.1, -0.05) is 20.3 Å². The highest BCUT2D eigenvalue weighted by molar-refractivity contribution is 9.11. The van der Waals surface area contributed by atoms with Crippen molar-refractivity contribution in [3.8, 4) is 0 Å². The second-order valence-corrected chi connectivity index (χ2v) is 7.88. The molecule has 2 rings (SSSR count). The molecule has 1 aliphatic rings. The first-order valence-electron chi connectivity index (χ1n) is 5.41. The highest BCUT2D eigenvalue weighted by atomic mass is 79.9. The van der Waals surface area contributed by atoms with Crippen molar-refractivity contribution in [1.82, 2.24) is 0 Å². The lowest BCUT2D eigenvalue weighted by atomic mass is 9.65. The van der Waals surface area contributed by atoms with Gasteiger partial charge in [0.2, 0.25) is 0 Å². The van der Waals surface area contributed by atoms with Crippen LogP contribution in [0, 0.1) is 11.3 Å². The molecule has 1 heterocycles. The molecule has 1 aromatic rings. The summed E-state index contributed by atoms with van der Waals surface area (Å²) in [7, 11) is 0. The van der Waals surface area contributed by atoms with Crippen molar-refractivity contribution in [3.63, 3.8) is 0 Å². The van der Waals surface area contributed by atoms with Crippen molar-refractivity contribution in [1.29, 1.82) is 0 Å². The zero-order valence-corrected chi connectivity index (χ0v) is 12.3. The molecule has 1 aromatic heterocycles. The van der Waals surface area contributed by atoms with E-state index in [1.165, 1.54) is 27.9 Å². The minimum Gasteiger partial charge on any atom is -0.132 e. The van der Waals surface area contributed by atoms with Crippen LogP contribution in [0.15, 0.2) is 15.9 Å². The van der Waals surface area contributed by atoms with E-state index in [2.05, 4.69) is 41.9 Å². The van der Waals surface area contributed by atoms with Crippen LogP contribution < -0.4 is 0 Å². The largest absolute Gasteiger partial charge is 0.132 e. The number of alkyl halides is 1. The fraction of sp³-hybridized carbons (Fsp3) is 0.667. The SMILES string of the molecule is CC(C)(C1CCC1)C(Cl)c1ccc(Br)s1. The Kier molecular flexibility index (Phi) is 3.49. The predicted molar refractivity (Wildman–Crippen MR) is 71.7 cm³/mol. The van der Waals surface area contributed by atoms with Gasteiger partial charge in [0.05, 0.1) is 9.16 Å². The number of hydrogen-bond acceptors (Lipinski definition) is 1. The van der Waals surface area contributed by atoms with Gasteiger partial charge >= 0.3 is 0 Å². The molecule has 15 heavy (non-hydrogen) atoms. The summed E-state index contributed by atoms with van der Waals surface area (Å²) in [5, 5.41) is 0.152. The third-order valence-electron chi connectivity index (χ3n) is 3.65. The van der Waals surface area contributed by atoms with Gasteiger partial charge in [0.25, 0.3) is 0 Å². The van der Waals surface area contributed by atoms with Gasteiger partial charge < -0.3 is 0 Å². The second-order valence-electron chi connectivity index (χ2n) is 4.95. The van der Waals surface area contributed by atoms with Crippen LogP contribution in [0.5, 0.6) is 0 Å². The van der Waals surface area contributed by atoms with Crippen molar-refractivity contribution in [2.45, 2.75) is 38.5 Å². The lowest BCUT2D eigenvalue weighted by molar-refractivity contribution is 0.116. The lowest BCUT2D eigenvalue weighted by Gasteiger charge is -2.43. The molecule has 0 nitrogen and oxygen atoms in total. The minimum absolute atomic E-state index is 0.152. The van der Waals surface area contributed by atoms with E-state index in [-0.39, 0.29) is 10.8 Å². The molecule has 0 aromatic carbocycles. The van der Waals surface area contributed by atoms with Crippen LogP contribution in [-0.2, 0) is 0 Å². The Bertz CT molecular complexity index is 341. The van der Waals surface area contributed by atoms with Gasteiger partial charge in [0.15, 0.2) is 0 Å². The van der Waals surface area contributed by atoms with Crippen molar-refractivity contribution in [2.24, 2.45) is 11.3 Å². The molecule has 0 bridgehead atoms. The summed E-state index contributed by atoms with van der Waals surface area (Å²) in [4.78, 5) is 1.29. The predicted octanol–water partition coefficient (Wildman–Crippen LogP) is 5.62. The van der Waals surface area contributed by atoms with E-state index < -0.39 is 0 Å². The molecule has 0 N–H and O–H groups in total. The summed E-state index contributed by atoms with van der Waals surface area (Å²) in [5.41, 5.74) is 0.226. The Labute approximate surface area is 109 Å². The molecule has 84 valence electrons. The van der Waals surface area contributed by atoms with Gasteiger partial charge in [-0.2, -0.15) is 0 Å². The lowest BCUT2D eigenvalue weighted by Crippen LogP contribution is -2.33. The molecule has 1 fully saturated rings. The van der Waals surface area contributed by atoms with E-state index in [1.54, 1.807) is 11.3 Å². The first kappa shape index (κ1) is 11.9. The van der Waals surface area contributed by atoms with Crippen molar-refractivity contribution < 1.29 is 0 Å². The summed E-state index contributed by atoms with van der Waals surface area (Å²) in [6.45, 7) is 4.62. The van der Waals surface area contributed by atoms with Gasteiger partial charge in [-0.25, -0.2) is 0 Å². The maximum atomic E-state index is 6.61. The molecule has 0 aliphatic heterocycles. The number of hydrogen-bond donors (Lipinski definition) is 0. The third-order valence-corrected chi connectivity index (χ3v) is 6.27. The fourth-order valence-electron chi connectivity index (χ4n) is 2.19. The van der Waals surface area contributed by atoms with E-state index in [0.29, 0.717) is 0 Å². The summed E-state index contributed by atoms with van der Waals surface area (Å²) < 4.78 is 1.17. The molecular formula is C12H16BrClS. The van der Waals surface area contributed by atoms with E-state index in [1.807, 2.05) is 0 Å². The third kappa shape index (κ3) is 2.27. The van der Waals surface area contributed by atoms with Crippen molar-refractivity contribution in [2.75, 3.05) is 0 Å². The van der Waals surface area contributed by atoms with Crippen LogP contribution in [0.4, 0.5) is 0 Å². The number of thiophene rings is 1. The van der Waals surface area contributed by atoms with Gasteiger partial charge in [-0.3, -0.25) is 0 Å². The first-order valence-corrected chi connectivity index (χ1v) is 7.45. The molecular weight excluding hydrogens is 292 g/mol. The van der Waals surface area contributed by atoms with Gasteiger partial charge in [-0.05, 0) is 52.2 Å². The molecule has 1 unspecified atom stereocenters. The van der Waals surface area contributed by atoms with E-state index in [4.69, 9.17) is 11.6 Å². The van der Waals surface area contributed by atoms with E-state index in [9.17, 15) is 0 Å². The average molecular weight is 308 g/mol. The van der Waals surface area contributed by atoms with E-state index >= 15 is 0 Å². The van der Waals surface area contributed by atoms with Crippen molar-refractivity contribution >= 4 is 38.9 Å². The van der Waals surface area contributed by atoms with Gasteiger partial charge in [0.1, 0.15) is 0 Å². The molecule has 1 aliphatic carbocycles. The number of halogens is 2. The monoisotopic (exact) mass is 306 g/mol. The molecule has 1 atom stereocenters. The maximum Gasteiger partial charge on any atom is 0.0732 e. The molecule has 0 saturated heterocycles. The Morgan fingerprint density at radius 1 is 1.47 bits per heavy atom. The molecule has 0 spiro atoms. The van der Waals surface area contributed by atoms with Crippen LogP contribution in [0.3, 0.4) is 0 Å². The van der Waals surface area contributed by atoms with Crippen LogP contribution >= 0.6 is 38.9 Å². The molecule has 0 radical (unpaired) electrons. The van der Waals surface area contributed by atoms with Crippen LogP contribution in [0.1, 0.15) is 43.4 Å². The Hall–Kier alpha value is 0.470. The van der Waals surface area contributed by atoms with Crippen LogP contribution in [-0.4, -0.2) is 0 Å². The van der Waals surface area contributed by atoms with Gasteiger partial charge in [-0.15, -0.1) is 22.9 Å². The number of rotatable bonds is 3. The Balaban J connectivity index is 2.15. The van der Waals surface area contributed by atoms with Gasteiger partial charge in [0, 0.05) is 4.88 Å². The van der Waals surface area contributed by atoms with E-state index in [0.717, 1.165) is 5.92 Å². The topological polar surface area (TPSA) is 0 Å². The first-order chi connectivity index (χ1) is 7.01. The van der Waals surface area contributed by atoms with Crippen LogP contribution in [0.25, 0.3) is 0 Å². The summed E-state index contributed by atoms with van der Waals surface area (Å²) in [5.74, 6) is 0.806. The van der Waals surface area contributed by atoms with Crippen molar-refractivity contribution in [3.05, 3.63) is 20.8 Å². The Morgan fingerprint density at radius 2 is 2.13 bits per heavy atom. The Morgan fingerprint density at radius 3 is 2.53 bits per heavy atom. The van der Waals surface area contributed by atoms with Crippen LogP contribution in [0.2, 0.25) is 0 Å². The zero-order chi connectivity index (χ0) is 11.1. The normalized spacial score (nSPS) is 20.0. The standard InChI is InChI=1S/C12H16BrClS/c1-12(2,8-4-3-5-8)11(14)9-6-7-10(13)15-9/h6-8,11H,3-5H2,1-2H3. The smallest absolute Gasteiger partial charge is 0.0732 e. The maximum absolute atomic E-state index is 6.61. The summed E-state index contributed by atoms with van der Waals surface area (Å²) in [6.07, 6.45) is 4.08. The molecule has 3 heteroatoms. The average Bonchev–Trinajstić information content (AvgIpc) is 2.46. The highest BCUT2D eigenvalue weighted by Crippen LogP contribution is 2.52.